The highest BCUT2D eigenvalue weighted by Gasteiger charge is 2.27. The molecule has 0 aliphatic carbocycles. The summed E-state index contributed by atoms with van der Waals surface area (Å²) in [5.41, 5.74) is 0.542. The highest BCUT2D eigenvalue weighted by molar-refractivity contribution is 5.85. The number of benzene rings is 1. The maximum atomic E-state index is 13.5. The summed E-state index contributed by atoms with van der Waals surface area (Å²) in [6.45, 7) is 6.15. The van der Waals surface area contributed by atoms with E-state index in [1.807, 2.05) is 11.8 Å². The first-order chi connectivity index (χ1) is 13.2. The van der Waals surface area contributed by atoms with Crippen LogP contribution in [0.25, 0.3) is 0 Å². The second-order valence-electron chi connectivity index (χ2n) is 7.32. The Labute approximate surface area is 176 Å². The lowest BCUT2D eigenvalue weighted by molar-refractivity contribution is -0.139. The van der Waals surface area contributed by atoms with Crippen molar-refractivity contribution in [2.24, 2.45) is 0 Å². The predicted molar refractivity (Wildman–Crippen MR) is 109 cm³/mol. The molecule has 1 unspecified atom stereocenters. The van der Waals surface area contributed by atoms with E-state index in [1.54, 1.807) is 18.9 Å². The van der Waals surface area contributed by atoms with E-state index in [-0.39, 0.29) is 43.5 Å². The minimum Gasteiger partial charge on any atom is -0.480 e. The Morgan fingerprint density at radius 2 is 1.86 bits per heavy atom. The van der Waals surface area contributed by atoms with Gasteiger partial charge in [0.25, 0.3) is 0 Å². The van der Waals surface area contributed by atoms with E-state index in [9.17, 15) is 18.4 Å². The highest BCUT2D eigenvalue weighted by Crippen LogP contribution is 2.22. The van der Waals surface area contributed by atoms with Crippen LogP contribution in [0.4, 0.5) is 8.78 Å². The largest absolute Gasteiger partial charge is 0.480 e. The lowest BCUT2D eigenvalue weighted by Crippen LogP contribution is -2.49. The first-order valence-electron chi connectivity index (χ1n) is 9.61. The number of carboxylic acids is 1. The number of likely N-dealkylation sites (N-methyl/N-ethyl adjacent to an activating group) is 2. The molecule has 6 nitrogen and oxygen atoms in total. The van der Waals surface area contributed by atoms with Crippen LogP contribution in [0.3, 0.4) is 0 Å². The molecule has 0 saturated carbocycles. The number of likely N-dealkylation sites (tertiary alicyclic amines) is 1. The molecule has 1 aliphatic heterocycles. The van der Waals surface area contributed by atoms with Gasteiger partial charge in [0.15, 0.2) is 11.6 Å². The van der Waals surface area contributed by atoms with Gasteiger partial charge in [0.2, 0.25) is 5.91 Å². The van der Waals surface area contributed by atoms with Crippen LogP contribution >= 0.6 is 12.4 Å². The lowest BCUT2D eigenvalue weighted by Gasteiger charge is -2.38. The van der Waals surface area contributed by atoms with Gasteiger partial charge in [-0.25, -0.2) is 8.78 Å². The minimum atomic E-state index is -0.922. The Morgan fingerprint density at radius 3 is 2.38 bits per heavy atom. The van der Waals surface area contributed by atoms with E-state index in [0.717, 1.165) is 38.1 Å². The van der Waals surface area contributed by atoms with Gasteiger partial charge in [-0.1, -0.05) is 13.0 Å². The Kier molecular flexibility index (Phi) is 9.95. The van der Waals surface area contributed by atoms with E-state index >= 15 is 0 Å². The van der Waals surface area contributed by atoms with Crippen LogP contribution < -0.4 is 0 Å². The number of hydrogen-bond donors (Lipinski definition) is 1. The standard InChI is InChI=1S/C20H29F2N3O3.ClH/c1-4-25(13-20(27)28)16-7-9-24(10-8-16)12-19(26)23(3)14(2)15-5-6-17(21)18(22)11-15;/h5-6,11,14,16H,4,7-10,12-13H2,1-3H3,(H,27,28);1H. The second-order valence-corrected chi connectivity index (χ2v) is 7.32. The molecule has 1 aliphatic rings. The van der Waals surface area contributed by atoms with Crippen LogP contribution in [0.5, 0.6) is 0 Å². The normalized spacial score (nSPS) is 16.3. The topological polar surface area (TPSA) is 64.1 Å². The zero-order valence-electron chi connectivity index (χ0n) is 17.1. The fraction of sp³-hybridized carbons (Fsp3) is 0.600. The third-order valence-corrected chi connectivity index (χ3v) is 5.58. The van der Waals surface area contributed by atoms with Gasteiger partial charge in [-0.15, -0.1) is 12.4 Å². The SMILES string of the molecule is CCN(CC(=O)O)C1CCN(CC(=O)N(C)C(C)c2ccc(F)c(F)c2)CC1.Cl. The predicted octanol–water partition coefficient (Wildman–Crippen LogP) is 2.78. The molecule has 0 spiro atoms. The number of piperidine rings is 1. The minimum absolute atomic E-state index is 0. The third-order valence-electron chi connectivity index (χ3n) is 5.58. The van der Waals surface area contributed by atoms with Crippen molar-refractivity contribution in [3.63, 3.8) is 0 Å². The van der Waals surface area contributed by atoms with Crippen molar-refractivity contribution in [2.75, 3.05) is 39.8 Å². The third kappa shape index (κ3) is 6.90. The van der Waals surface area contributed by atoms with E-state index in [4.69, 9.17) is 5.11 Å². The van der Waals surface area contributed by atoms with Crippen molar-refractivity contribution < 1.29 is 23.5 Å². The number of carboxylic acid groups (broad SMARTS) is 1. The molecule has 1 heterocycles. The van der Waals surface area contributed by atoms with E-state index in [2.05, 4.69) is 4.90 Å². The van der Waals surface area contributed by atoms with Crippen molar-refractivity contribution in [2.45, 2.75) is 38.8 Å². The molecule has 1 aromatic carbocycles. The molecule has 9 heteroatoms. The lowest BCUT2D eigenvalue weighted by atomic mass is 10.0. The summed E-state index contributed by atoms with van der Waals surface area (Å²) in [5.74, 6) is -2.74. The molecule has 1 atom stereocenters. The van der Waals surface area contributed by atoms with Crippen molar-refractivity contribution in [1.29, 1.82) is 0 Å². The molecule has 1 amide bonds. The summed E-state index contributed by atoms with van der Waals surface area (Å²) in [5, 5.41) is 9.01. The Bertz CT molecular complexity index is 700. The molecule has 2 rings (SSSR count). The van der Waals surface area contributed by atoms with Crippen molar-refractivity contribution in [1.82, 2.24) is 14.7 Å². The summed E-state index contributed by atoms with van der Waals surface area (Å²) in [6, 6.07) is 3.52. The molecule has 164 valence electrons. The number of aliphatic carboxylic acids is 1. The first kappa shape index (κ1) is 25.3. The van der Waals surface area contributed by atoms with Crippen molar-refractivity contribution in [3.05, 3.63) is 35.4 Å². The summed E-state index contributed by atoms with van der Waals surface area (Å²) in [7, 11) is 1.66. The van der Waals surface area contributed by atoms with Gasteiger partial charge >= 0.3 is 5.97 Å². The fourth-order valence-electron chi connectivity index (χ4n) is 3.63. The van der Waals surface area contributed by atoms with Gasteiger partial charge in [0.1, 0.15) is 0 Å². The van der Waals surface area contributed by atoms with Gasteiger partial charge in [0.05, 0.1) is 19.1 Å². The number of nitrogens with zero attached hydrogens (tertiary/aromatic N) is 3. The maximum absolute atomic E-state index is 13.5. The Balaban J connectivity index is 0.00000420. The van der Waals surface area contributed by atoms with E-state index in [1.165, 1.54) is 6.07 Å². The fourth-order valence-corrected chi connectivity index (χ4v) is 3.63. The molecule has 1 fully saturated rings. The number of rotatable bonds is 8. The van der Waals surface area contributed by atoms with Gasteiger partial charge in [-0.3, -0.25) is 19.4 Å². The van der Waals surface area contributed by atoms with Crippen LogP contribution in [0, 0.1) is 11.6 Å². The molecule has 0 bridgehead atoms. The summed E-state index contributed by atoms with van der Waals surface area (Å²) in [6.07, 6.45) is 1.63. The summed E-state index contributed by atoms with van der Waals surface area (Å²) in [4.78, 5) is 29.2. The highest BCUT2D eigenvalue weighted by atomic mass is 35.5. The maximum Gasteiger partial charge on any atom is 0.317 e. The smallest absolute Gasteiger partial charge is 0.317 e. The van der Waals surface area contributed by atoms with Gasteiger partial charge < -0.3 is 10.0 Å². The average molecular weight is 434 g/mol. The van der Waals surface area contributed by atoms with Crippen LogP contribution in [-0.4, -0.2) is 77.5 Å². The van der Waals surface area contributed by atoms with Crippen LogP contribution in [0.15, 0.2) is 18.2 Å². The molecule has 1 saturated heterocycles. The second kappa shape index (κ2) is 11.4. The van der Waals surface area contributed by atoms with E-state index < -0.39 is 17.6 Å². The number of carbonyl (C=O) groups is 2. The molecule has 1 aromatic rings. The number of hydrogen-bond acceptors (Lipinski definition) is 4. The van der Waals surface area contributed by atoms with Gasteiger partial charge in [-0.05, 0) is 44.0 Å². The monoisotopic (exact) mass is 433 g/mol. The average Bonchev–Trinajstić information content (AvgIpc) is 2.67. The van der Waals surface area contributed by atoms with Crippen LogP contribution in [0.2, 0.25) is 0 Å². The molecule has 0 radical (unpaired) electrons. The molecular formula is C20H30ClF2N3O3. The van der Waals surface area contributed by atoms with E-state index in [0.29, 0.717) is 12.1 Å². The Morgan fingerprint density at radius 1 is 1.24 bits per heavy atom. The van der Waals surface area contributed by atoms with Crippen molar-refractivity contribution >= 4 is 24.3 Å². The first-order valence-corrected chi connectivity index (χ1v) is 9.61. The molecule has 1 N–H and O–H groups in total. The van der Waals surface area contributed by atoms with Crippen molar-refractivity contribution in [3.8, 4) is 0 Å². The zero-order valence-corrected chi connectivity index (χ0v) is 17.9. The quantitative estimate of drug-likeness (QED) is 0.683. The number of amides is 1. The van der Waals surface area contributed by atoms with Gasteiger partial charge in [-0.2, -0.15) is 0 Å². The van der Waals surface area contributed by atoms with Gasteiger partial charge in [0, 0.05) is 26.2 Å². The number of halogens is 3. The van der Waals surface area contributed by atoms with Crippen LogP contribution in [-0.2, 0) is 9.59 Å². The summed E-state index contributed by atoms with van der Waals surface area (Å²) < 4.78 is 26.6. The number of carbonyl (C=O) groups excluding carboxylic acids is 1. The molecular weight excluding hydrogens is 404 g/mol. The Hall–Kier alpha value is -1.77. The zero-order chi connectivity index (χ0) is 20.8. The molecule has 0 aromatic heterocycles. The summed E-state index contributed by atoms with van der Waals surface area (Å²) >= 11 is 0. The molecule has 29 heavy (non-hydrogen) atoms. The van der Waals surface area contributed by atoms with Crippen LogP contribution in [0.1, 0.15) is 38.3 Å².